The highest BCUT2D eigenvalue weighted by Crippen LogP contribution is 2.49. The van der Waals surface area contributed by atoms with Gasteiger partial charge in [-0.2, -0.15) is 0 Å². The largest absolute Gasteiger partial charge is 0.507 e. The molecule has 178 valence electrons. The third kappa shape index (κ3) is 3.57. The maximum absolute atomic E-state index is 13.1. The maximum Gasteiger partial charge on any atom is 0.312 e. The van der Waals surface area contributed by atoms with Crippen LogP contribution in [-0.4, -0.2) is 35.5 Å². The van der Waals surface area contributed by atoms with Gasteiger partial charge in [-0.3, -0.25) is 9.59 Å². The van der Waals surface area contributed by atoms with Gasteiger partial charge in [0.25, 0.3) is 0 Å². The molecular weight excluding hydrogens is 456 g/mol. The van der Waals surface area contributed by atoms with Crippen LogP contribution in [0.25, 0.3) is 22.3 Å². The average molecular weight is 476 g/mol. The van der Waals surface area contributed by atoms with Crippen LogP contribution in [0.4, 0.5) is 0 Å². The van der Waals surface area contributed by atoms with Crippen LogP contribution >= 0.6 is 0 Å². The zero-order valence-corrected chi connectivity index (χ0v) is 18.7. The second kappa shape index (κ2) is 8.28. The number of methoxy groups -OCH3 is 2. The molecule has 9 heteroatoms. The summed E-state index contributed by atoms with van der Waals surface area (Å²) in [4.78, 5) is 25.6. The zero-order valence-electron chi connectivity index (χ0n) is 18.7. The topological polar surface area (TPSA) is 136 Å². The van der Waals surface area contributed by atoms with Crippen molar-refractivity contribution in [1.82, 2.24) is 0 Å². The van der Waals surface area contributed by atoms with E-state index in [2.05, 4.69) is 0 Å². The molecule has 0 aliphatic carbocycles. The van der Waals surface area contributed by atoms with Gasteiger partial charge in [0.2, 0.25) is 0 Å². The van der Waals surface area contributed by atoms with E-state index < -0.39 is 28.8 Å². The number of benzene rings is 3. The molecule has 0 saturated heterocycles. The fourth-order valence-corrected chi connectivity index (χ4v) is 4.43. The minimum absolute atomic E-state index is 0.0254. The number of para-hydroxylation sites is 1. The van der Waals surface area contributed by atoms with Crippen molar-refractivity contribution in [2.45, 2.75) is 12.3 Å². The molecule has 3 N–H and O–H groups in total. The van der Waals surface area contributed by atoms with Crippen LogP contribution in [0.15, 0.2) is 57.7 Å². The Labute approximate surface area is 198 Å². The molecule has 1 aliphatic heterocycles. The van der Waals surface area contributed by atoms with Crippen LogP contribution in [0.3, 0.4) is 0 Å². The highest BCUT2D eigenvalue weighted by Gasteiger charge is 2.35. The second-order valence-corrected chi connectivity index (χ2v) is 8.00. The van der Waals surface area contributed by atoms with E-state index in [9.17, 15) is 24.9 Å². The number of aromatic hydroxyl groups is 3. The normalized spacial score (nSPS) is 14.9. The van der Waals surface area contributed by atoms with E-state index in [1.807, 2.05) is 0 Å². The maximum atomic E-state index is 13.1. The molecule has 4 aromatic rings. The SMILES string of the molecule is COc1cccc([C@@H]2CC(=O)Oc3cc(O)c4c(=O)cc(-c5ccc(O)c(O)c5)oc4c32)c1OC. The number of esters is 1. The van der Waals surface area contributed by atoms with E-state index in [1.165, 1.54) is 44.6 Å². The molecule has 0 radical (unpaired) electrons. The van der Waals surface area contributed by atoms with E-state index in [-0.39, 0.29) is 34.6 Å². The third-order valence-electron chi connectivity index (χ3n) is 5.99. The molecule has 35 heavy (non-hydrogen) atoms. The number of carbonyl (C=O) groups excluding carboxylic acids is 1. The van der Waals surface area contributed by atoms with Crippen molar-refractivity contribution in [3.63, 3.8) is 0 Å². The molecule has 0 unspecified atom stereocenters. The third-order valence-corrected chi connectivity index (χ3v) is 5.99. The van der Waals surface area contributed by atoms with Gasteiger partial charge < -0.3 is 33.9 Å². The molecule has 1 atom stereocenters. The van der Waals surface area contributed by atoms with Gasteiger partial charge in [0.1, 0.15) is 28.2 Å². The Hall–Kier alpha value is -4.66. The van der Waals surface area contributed by atoms with Gasteiger partial charge in [0.05, 0.1) is 20.6 Å². The fourth-order valence-electron chi connectivity index (χ4n) is 4.43. The van der Waals surface area contributed by atoms with E-state index >= 15 is 0 Å². The lowest BCUT2D eigenvalue weighted by Crippen LogP contribution is -2.22. The molecule has 1 aliphatic rings. The lowest BCUT2D eigenvalue weighted by molar-refractivity contribution is -0.135. The Morgan fingerprint density at radius 1 is 0.914 bits per heavy atom. The monoisotopic (exact) mass is 476 g/mol. The number of hydrogen-bond donors (Lipinski definition) is 3. The summed E-state index contributed by atoms with van der Waals surface area (Å²) in [6.45, 7) is 0. The molecule has 0 amide bonds. The Kier molecular flexibility index (Phi) is 5.24. The van der Waals surface area contributed by atoms with Crippen molar-refractivity contribution in [2.24, 2.45) is 0 Å². The van der Waals surface area contributed by atoms with Gasteiger partial charge in [-0.1, -0.05) is 12.1 Å². The summed E-state index contributed by atoms with van der Waals surface area (Å²) in [7, 11) is 2.98. The summed E-state index contributed by atoms with van der Waals surface area (Å²) >= 11 is 0. The summed E-state index contributed by atoms with van der Waals surface area (Å²) < 4.78 is 22.5. The number of carbonyl (C=O) groups is 1. The predicted octanol–water partition coefficient (Wildman–Crippen LogP) is 4.04. The van der Waals surface area contributed by atoms with Gasteiger partial charge in [-0.25, -0.2) is 0 Å². The van der Waals surface area contributed by atoms with Crippen LogP contribution in [0.5, 0.6) is 34.5 Å². The summed E-state index contributed by atoms with van der Waals surface area (Å²) in [6, 6.07) is 11.6. The Morgan fingerprint density at radius 2 is 1.71 bits per heavy atom. The highest BCUT2D eigenvalue weighted by atomic mass is 16.5. The fraction of sp³-hybridized carbons (Fsp3) is 0.154. The standard InChI is InChI=1S/C26H20O9/c1-32-19-5-3-4-13(25(19)33-2)14-9-22(31)34-21-11-18(30)24-17(29)10-20(35-26(24)23(14)21)12-6-7-15(27)16(28)8-12/h3-8,10-11,14,27-28,30H,9H2,1-2H3/t14-/m0/s1. The molecule has 2 heterocycles. The first-order chi connectivity index (χ1) is 16.8. The number of rotatable bonds is 4. The predicted molar refractivity (Wildman–Crippen MR) is 125 cm³/mol. The van der Waals surface area contributed by atoms with Gasteiger partial charge in [0, 0.05) is 34.7 Å². The first-order valence-electron chi connectivity index (χ1n) is 10.6. The van der Waals surface area contributed by atoms with Crippen molar-refractivity contribution in [1.29, 1.82) is 0 Å². The molecule has 9 nitrogen and oxygen atoms in total. The molecule has 3 aromatic carbocycles. The van der Waals surface area contributed by atoms with Gasteiger partial charge >= 0.3 is 5.97 Å². The highest BCUT2D eigenvalue weighted by molar-refractivity contribution is 5.93. The van der Waals surface area contributed by atoms with Crippen molar-refractivity contribution in [2.75, 3.05) is 14.2 Å². The quantitative estimate of drug-likeness (QED) is 0.226. The average Bonchev–Trinajstić information content (AvgIpc) is 2.83. The molecule has 0 spiro atoms. The summed E-state index contributed by atoms with van der Waals surface area (Å²) in [6.07, 6.45) is -0.0790. The van der Waals surface area contributed by atoms with Crippen LogP contribution in [0.2, 0.25) is 0 Å². The number of fused-ring (bicyclic) bond motifs is 3. The van der Waals surface area contributed by atoms with Crippen molar-refractivity contribution in [3.8, 4) is 45.8 Å². The summed E-state index contributed by atoms with van der Waals surface area (Å²) in [5, 5.41) is 30.1. The van der Waals surface area contributed by atoms with Gasteiger partial charge in [0.15, 0.2) is 28.4 Å². The van der Waals surface area contributed by atoms with Crippen LogP contribution in [0.1, 0.15) is 23.5 Å². The van der Waals surface area contributed by atoms with Crippen molar-refractivity contribution >= 4 is 16.9 Å². The molecular formula is C26H20O9. The Balaban J connectivity index is 1.83. The van der Waals surface area contributed by atoms with E-state index in [4.69, 9.17) is 18.6 Å². The molecule has 0 saturated carbocycles. The van der Waals surface area contributed by atoms with Gasteiger partial charge in [-0.05, 0) is 24.3 Å². The first kappa shape index (κ1) is 22.1. The minimum atomic E-state index is -0.647. The van der Waals surface area contributed by atoms with Gasteiger partial charge in [-0.15, -0.1) is 0 Å². The van der Waals surface area contributed by atoms with E-state index in [1.54, 1.807) is 18.2 Å². The van der Waals surface area contributed by atoms with E-state index in [0.717, 1.165) is 0 Å². The first-order valence-corrected chi connectivity index (χ1v) is 10.6. The smallest absolute Gasteiger partial charge is 0.312 e. The Morgan fingerprint density at radius 3 is 2.43 bits per heavy atom. The molecule has 0 bridgehead atoms. The van der Waals surface area contributed by atoms with Crippen LogP contribution in [-0.2, 0) is 4.79 Å². The Bertz CT molecular complexity index is 1550. The number of phenolic OH excluding ortho intramolecular Hbond substituents is 3. The van der Waals surface area contributed by atoms with Crippen LogP contribution < -0.4 is 19.6 Å². The lowest BCUT2D eigenvalue weighted by atomic mass is 9.84. The number of hydrogen-bond acceptors (Lipinski definition) is 9. The van der Waals surface area contributed by atoms with Crippen LogP contribution in [0, 0.1) is 0 Å². The second-order valence-electron chi connectivity index (χ2n) is 8.00. The summed E-state index contributed by atoms with van der Waals surface area (Å²) in [5.41, 5.74) is 0.789. The minimum Gasteiger partial charge on any atom is -0.507 e. The van der Waals surface area contributed by atoms with Crippen molar-refractivity contribution < 1.29 is 38.7 Å². The van der Waals surface area contributed by atoms with Crippen molar-refractivity contribution in [3.05, 3.63) is 69.9 Å². The number of phenols is 3. The lowest BCUT2D eigenvalue weighted by Gasteiger charge is -2.27. The molecule has 0 fully saturated rings. The summed E-state index contributed by atoms with van der Waals surface area (Å²) in [5.74, 6) is -1.31. The molecule has 1 aromatic heterocycles. The number of ether oxygens (including phenoxy) is 3. The molecule has 5 rings (SSSR count). The van der Waals surface area contributed by atoms with E-state index in [0.29, 0.717) is 28.2 Å². The zero-order chi connectivity index (χ0) is 24.9.